The second-order valence-electron chi connectivity index (χ2n) is 5.80. The maximum atomic E-state index is 12.3. The summed E-state index contributed by atoms with van der Waals surface area (Å²) in [5.41, 5.74) is 6.70. The van der Waals surface area contributed by atoms with Crippen molar-refractivity contribution in [2.45, 2.75) is 26.3 Å². The van der Waals surface area contributed by atoms with Crippen LogP contribution in [0.5, 0.6) is 0 Å². The van der Waals surface area contributed by atoms with Crippen LogP contribution in [-0.2, 0) is 0 Å². The van der Waals surface area contributed by atoms with Crippen molar-refractivity contribution in [1.29, 1.82) is 0 Å². The zero-order valence-corrected chi connectivity index (χ0v) is 13.4. The molecule has 0 saturated heterocycles. The van der Waals surface area contributed by atoms with Gasteiger partial charge in [-0.25, -0.2) is 0 Å². The zero-order valence-electron chi connectivity index (χ0n) is 12.6. The maximum absolute atomic E-state index is 12.3. The molecular formula is C15H24ClN3O. The van der Waals surface area contributed by atoms with Crippen LogP contribution in [0.25, 0.3) is 0 Å². The number of carbonyl (C=O) groups is 1. The molecule has 0 aliphatic heterocycles. The molecule has 1 unspecified atom stereocenters. The molecule has 0 spiro atoms. The molecule has 5 heteroatoms. The van der Waals surface area contributed by atoms with E-state index in [0.717, 1.165) is 13.0 Å². The first-order valence-corrected chi connectivity index (χ1v) is 7.18. The van der Waals surface area contributed by atoms with E-state index in [-0.39, 0.29) is 11.9 Å². The van der Waals surface area contributed by atoms with Gasteiger partial charge in [0.1, 0.15) is 0 Å². The van der Waals surface area contributed by atoms with Gasteiger partial charge in [-0.05, 0) is 44.6 Å². The second kappa shape index (κ2) is 7.50. The van der Waals surface area contributed by atoms with Crippen LogP contribution in [0.1, 0.15) is 30.6 Å². The van der Waals surface area contributed by atoms with Crippen LogP contribution in [0.15, 0.2) is 18.2 Å². The lowest BCUT2D eigenvalue weighted by Crippen LogP contribution is -2.42. The number of hydrogen-bond donors (Lipinski definition) is 2. The molecule has 0 heterocycles. The Morgan fingerprint density at radius 1 is 1.40 bits per heavy atom. The number of nitrogens with two attached hydrogens (primary N) is 1. The maximum Gasteiger partial charge on any atom is 0.251 e. The third kappa shape index (κ3) is 5.39. The molecule has 112 valence electrons. The van der Waals surface area contributed by atoms with Crippen molar-refractivity contribution in [3.05, 3.63) is 28.8 Å². The van der Waals surface area contributed by atoms with Crippen molar-refractivity contribution >= 4 is 23.2 Å². The van der Waals surface area contributed by atoms with E-state index in [9.17, 15) is 4.79 Å². The number of amides is 1. The van der Waals surface area contributed by atoms with E-state index in [0.29, 0.717) is 22.2 Å². The predicted molar refractivity (Wildman–Crippen MR) is 85.1 cm³/mol. The Bertz CT molecular complexity index is 450. The highest BCUT2D eigenvalue weighted by Gasteiger charge is 2.16. The molecule has 1 aromatic carbocycles. The smallest absolute Gasteiger partial charge is 0.251 e. The number of anilines is 1. The summed E-state index contributed by atoms with van der Waals surface area (Å²) in [5, 5.41) is 3.53. The largest absolute Gasteiger partial charge is 0.398 e. The van der Waals surface area contributed by atoms with Crippen LogP contribution in [0.3, 0.4) is 0 Å². The zero-order chi connectivity index (χ0) is 15.3. The number of nitrogen functional groups attached to an aromatic ring is 1. The number of carbonyl (C=O) groups excluding carboxylic acids is 1. The molecule has 1 rings (SSSR count). The van der Waals surface area contributed by atoms with Crippen LogP contribution in [-0.4, -0.2) is 37.5 Å². The molecule has 0 saturated carbocycles. The van der Waals surface area contributed by atoms with Crippen molar-refractivity contribution in [1.82, 2.24) is 10.2 Å². The Hall–Kier alpha value is -1.26. The Balaban J connectivity index is 2.76. The van der Waals surface area contributed by atoms with Crippen molar-refractivity contribution in [3.8, 4) is 0 Å². The highest BCUT2D eigenvalue weighted by molar-refractivity contribution is 6.33. The topological polar surface area (TPSA) is 58.4 Å². The first-order chi connectivity index (χ1) is 9.29. The van der Waals surface area contributed by atoms with E-state index in [2.05, 4.69) is 24.1 Å². The minimum atomic E-state index is -0.110. The Labute approximate surface area is 126 Å². The quantitative estimate of drug-likeness (QED) is 0.794. The van der Waals surface area contributed by atoms with Gasteiger partial charge in [0, 0.05) is 18.2 Å². The van der Waals surface area contributed by atoms with Gasteiger partial charge in [0.2, 0.25) is 0 Å². The third-order valence-corrected chi connectivity index (χ3v) is 3.28. The van der Waals surface area contributed by atoms with Gasteiger partial charge >= 0.3 is 0 Å². The van der Waals surface area contributed by atoms with Crippen molar-refractivity contribution in [2.24, 2.45) is 5.92 Å². The lowest BCUT2D eigenvalue weighted by atomic mass is 10.0. The molecule has 0 bridgehead atoms. The van der Waals surface area contributed by atoms with E-state index in [1.54, 1.807) is 18.2 Å². The minimum Gasteiger partial charge on any atom is -0.398 e. The van der Waals surface area contributed by atoms with E-state index < -0.39 is 0 Å². The van der Waals surface area contributed by atoms with Crippen molar-refractivity contribution < 1.29 is 4.79 Å². The van der Waals surface area contributed by atoms with Gasteiger partial charge in [-0.15, -0.1) is 0 Å². The highest BCUT2D eigenvalue weighted by Crippen LogP contribution is 2.19. The fourth-order valence-electron chi connectivity index (χ4n) is 2.14. The molecule has 20 heavy (non-hydrogen) atoms. The molecule has 0 aliphatic rings. The van der Waals surface area contributed by atoms with E-state index in [1.165, 1.54) is 0 Å². The van der Waals surface area contributed by atoms with E-state index >= 15 is 0 Å². The molecule has 1 atom stereocenters. The molecule has 3 N–H and O–H groups in total. The Morgan fingerprint density at radius 3 is 2.55 bits per heavy atom. The number of likely N-dealkylation sites (N-methyl/N-ethyl adjacent to an activating group) is 1. The van der Waals surface area contributed by atoms with Crippen LogP contribution in [0.2, 0.25) is 5.02 Å². The monoisotopic (exact) mass is 297 g/mol. The first-order valence-electron chi connectivity index (χ1n) is 6.80. The average Bonchev–Trinajstić information content (AvgIpc) is 2.30. The second-order valence-corrected chi connectivity index (χ2v) is 6.21. The normalized spacial score (nSPS) is 12.8. The first kappa shape index (κ1) is 16.8. The van der Waals surface area contributed by atoms with Crippen LogP contribution < -0.4 is 11.1 Å². The Morgan fingerprint density at radius 2 is 2.05 bits per heavy atom. The summed E-state index contributed by atoms with van der Waals surface area (Å²) in [6.45, 7) is 5.11. The minimum absolute atomic E-state index is 0.110. The third-order valence-electron chi connectivity index (χ3n) is 2.93. The molecule has 0 fully saturated rings. The SMILES string of the molecule is CC(C)CC(CN(C)C)NC(=O)c1ccc(Cl)c(N)c1. The molecule has 0 aliphatic carbocycles. The fourth-order valence-corrected chi connectivity index (χ4v) is 2.26. The molecule has 4 nitrogen and oxygen atoms in total. The van der Waals surface area contributed by atoms with Crippen LogP contribution in [0.4, 0.5) is 5.69 Å². The number of nitrogens with one attached hydrogen (secondary N) is 1. The summed E-state index contributed by atoms with van der Waals surface area (Å²) < 4.78 is 0. The van der Waals surface area contributed by atoms with Crippen molar-refractivity contribution in [3.63, 3.8) is 0 Å². The number of benzene rings is 1. The molecule has 0 radical (unpaired) electrons. The predicted octanol–water partition coefficient (Wildman–Crippen LogP) is 2.63. The van der Waals surface area contributed by atoms with Crippen molar-refractivity contribution in [2.75, 3.05) is 26.4 Å². The Kier molecular flexibility index (Phi) is 6.30. The summed E-state index contributed by atoms with van der Waals surface area (Å²) >= 11 is 5.87. The van der Waals surface area contributed by atoms with Gasteiger partial charge < -0.3 is 16.0 Å². The fraction of sp³-hybridized carbons (Fsp3) is 0.533. The molecular weight excluding hydrogens is 274 g/mol. The van der Waals surface area contributed by atoms with Crippen LogP contribution >= 0.6 is 11.6 Å². The van der Waals surface area contributed by atoms with Gasteiger partial charge in [0.05, 0.1) is 10.7 Å². The van der Waals surface area contributed by atoms with Gasteiger partial charge in [-0.3, -0.25) is 4.79 Å². The van der Waals surface area contributed by atoms with Gasteiger partial charge in [0.15, 0.2) is 0 Å². The molecule has 1 amide bonds. The summed E-state index contributed by atoms with van der Waals surface area (Å²) in [7, 11) is 4.00. The summed E-state index contributed by atoms with van der Waals surface area (Å²) in [4.78, 5) is 14.3. The molecule has 1 aromatic rings. The standard InChI is InChI=1S/C15H24ClN3O/c1-10(2)7-12(9-19(3)4)18-15(20)11-5-6-13(16)14(17)8-11/h5-6,8,10,12H,7,9,17H2,1-4H3,(H,18,20). The lowest BCUT2D eigenvalue weighted by Gasteiger charge is -2.24. The highest BCUT2D eigenvalue weighted by atomic mass is 35.5. The summed E-state index contributed by atoms with van der Waals surface area (Å²) in [6.07, 6.45) is 0.937. The summed E-state index contributed by atoms with van der Waals surface area (Å²) in [5.74, 6) is 0.413. The van der Waals surface area contributed by atoms with E-state index in [1.807, 2.05) is 14.1 Å². The molecule has 0 aromatic heterocycles. The number of halogens is 1. The van der Waals surface area contributed by atoms with Gasteiger partial charge in [0.25, 0.3) is 5.91 Å². The van der Waals surface area contributed by atoms with E-state index in [4.69, 9.17) is 17.3 Å². The van der Waals surface area contributed by atoms with Gasteiger partial charge in [-0.1, -0.05) is 25.4 Å². The number of nitrogens with zero attached hydrogens (tertiary/aromatic N) is 1. The number of rotatable bonds is 6. The van der Waals surface area contributed by atoms with Gasteiger partial charge in [-0.2, -0.15) is 0 Å². The summed E-state index contributed by atoms with van der Waals surface area (Å²) in [6, 6.07) is 5.07. The lowest BCUT2D eigenvalue weighted by molar-refractivity contribution is 0.0924. The average molecular weight is 298 g/mol. The number of hydrogen-bond acceptors (Lipinski definition) is 3. The van der Waals surface area contributed by atoms with Crippen LogP contribution in [0, 0.1) is 5.92 Å².